The minimum Gasteiger partial charge on any atom is -0.385 e. The van der Waals surface area contributed by atoms with Gasteiger partial charge in [0.1, 0.15) is 0 Å². The Hall–Kier alpha value is -1.55. The minimum absolute atomic E-state index is 0.0360. The van der Waals surface area contributed by atoms with Crippen molar-refractivity contribution in [3.05, 3.63) is 29.3 Å². The van der Waals surface area contributed by atoms with Gasteiger partial charge in [-0.2, -0.15) is 0 Å². The molecular formula is C16H24N2O2. The van der Waals surface area contributed by atoms with Crippen molar-refractivity contribution < 1.29 is 9.53 Å². The maximum atomic E-state index is 12.0. The Morgan fingerprint density at radius 3 is 2.85 bits per heavy atom. The standard InChI is InChI=1S/C16H24N2O2/c1-3-17-15-7-6-14(10-12(15)2)16(19)18-8-9-20-11-13-4-5-13/h6-7,10,13,17H,3-5,8-9,11H2,1-2H3,(H,18,19). The SMILES string of the molecule is CCNc1ccc(C(=O)NCCOCC2CC2)cc1C. The van der Waals surface area contributed by atoms with E-state index in [9.17, 15) is 4.79 Å². The number of rotatable bonds is 8. The number of hydrogen-bond acceptors (Lipinski definition) is 3. The first-order valence-corrected chi connectivity index (χ1v) is 7.41. The first-order valence-electron chi connectivity index (χ1n) is 7.41. The molecule has 0 saturated heterocycles. The Kier molecular flexibility index (Phi) is 5.41. The molecule has 0 aliphatic heterocycles. The number of aryl methyl sites for hydroxylation is 1. The molecule has 1 aromatic rings. The molecule has 1 amide bonds. The fourth-order valence-corrected chi connectivity index (χ4v) is 2.07. The van der Waals surface area contributed by atoms with E-state index in [1.165, 1.54) is 12.8 Å². The van der Waals surface area contributed by atoms with Gasteiger partial charge < -0.3 is 15.4 Å². The van der Waals surface area contributed by atoms with Crippen LogP contribution in [0.2, 0.25) is 0 Å². The van der Waals surface area contributed by atoms with Crippen molar-refractivity contribution >= 4 is 11.6 Å². The number of hydrogen-bond donors (Lipinski definition) is 2. The van der Waals surface area contributed by atoms with E-state index in [0.717, 1.165) is 30.3 Å². The highest BCUT2D eigenvalue weighted by Gasteiger charge is 2.20. The Bertz CT molecular complexity index is 456. The number of benzene rings is 1. The summed E-state index contributed by atoms with van der Waals surface area (Å²) in [6, 6.07) is 5.72. The molecule has 1 fully saturated rings. The number of carbonyl (C=O) groups is 1. The molecule has 0 radical (unpaired) electrons. The van der Waals surface area contributed by atoms with Gasteiger partial charge in [-0.15, -0.1) is 0 Å². The van der Waals surface area contributed by atoms with E-state index in [2.05, 4.69) is 17.6 Å². The molecule has 110 valence electrons. The van der Waals surface area contributed by atoms with Crippen LogP contribution in [0.1, 0.15) is 35.7 Å². The van der Waals surface area contributed by atoms with E-state index < -0.39 is 0 Å². The molecule has 1 aromatic carbocycles. The third kappa shape index (κ3) is 4.53. The van der Waals surface area contributed by atoms with Crippen molar-refractivity contribution in [2.75, 3.05) is 31.6 Å². The van der Waals surface area contributed by atoms with E-state index in [4.69, 9.17) is 4.74 Å². The van der Waals surface area contributed by atoms with E-state index >= 15 is 0 Å². The van der Waals surface area contributed by atoms with Gasteiger partial charge in [-0.1, -0.05) is 0 Å². The second-order valence-corrected chi connectivity index (χ2v) is 5.33. The summed E-state index contributed by atoms with van der Waals surface area (Å²) in [6.07, 6.45) is 2.59. The van der Waals surface area contributed by atoms with Crippen LogP contribution in [0.3, 0.4) is 0 Å². The van der Waals surface area contributed by atoms with Crippen LogP contribution in [0, 0.1) is 12.8 Å². The Morgan fingerprint density at radius 2 is 2.20 bits per heavy atom. The van der Waals surface area contributed by atoms with Gasteiger partial charge in [-0.25, -0.2) is 0 Å². The lowest BCUT2D eigenvalue weighted by atomic mass is 10.1. The van der Waals surface area contributed by atoms with Crippen molar-refractivity contribution in [2.45, 2.75) is 26.7 Å². The van der Waals surface area contributed by atoms with Crippen molar-refractivity contribution in [3.8, 4) is 0 Å². The summed E-state index contributed by atoms with van der Waals surface area (Å²) in [7, 11) is 0. The fourth-order valence-electron chi connectivity index (χ4n) is 2.07. The number of carbonyl (C=O) groups excluding carboxylic acids is 1. The highest BCUT2D eigenvalue weighted by atomic mass is 16.5. The normalized spacial score (nSPS) is 14.1. The van der Waals surface area contributed by atoms with Gasteiger partial charge in [0.25, 0.3) is 5.91 Å². The van der Waals surface area contributed by atoms with E-state index in [-0.39, 0.29) is 5.91 Å². The van der Waals surface area contributed by atoms with Gasteiger partial charge in [0, 0.05) is 30.9 Å². The molecule has 0 atom stereocenters. The molecule has 20 heavy (non-hydrogen) atoms. The third-order valence-corrected chi connectivity index (χ3v) is 3.44. The van der Waals surface area contributed by atoms with Crippen molar-refractivity contribution in [1.29, 1.82) is 0 Å². The highest BCUT2D eigenvalue weighted by Crippen LogP contribution is 2.28. The fraction of sp³-hybridized carbons (Fsp3) is 0.562. The van der Waals surface area contributed by atoms with Gasteiger partial charge in [0.2, 0.25) is 0 Å². The van der Waals surface area contributed by atoms with E-state index in [1.54, 1.807) is 0 Å². The molecule has 0 aromatic heterocycles. The Labute approximate surface area is 120 Å². The maximum absolute atomic E-state index is 12.0. The van der Waals surface area contributed by atoms with Crippen LogP contribution < -0.4 is 10.6 Å². The van der Waals surface area contributed by atoms with E-state index in [0.29, 0.717) is 18.7 Å². The molecule has 1 aliphatic rings. The topological polar surface area (TPSA) is 50.4 Å². The van der Waals surface area contributed by atoms with Crippen molar-refractivity contribution in [1.82, 2.24) is 5.32 Å². The molecule has 0 spiro atoms. The second kappa shape index (κ2) is 7.29. The molecule has 0 unspecified atom stereocenters. The van der Waals surface area contributed by atoms with Crippen LogP contribution in [0.5, 0.6) is 0 Å². The van der Waals surface area contributed by atoms with Crippen LogP contribution in [0.4, 0.5) is 5.69 Å². The quantitative estimate of drug-likeness (QED) is 0.718. The van der Waals surface area contributed by atoms with Gasteiger partial charge in [-0.3, -0.25) is 4.79 Å². The van der Waals surface area contributed by atoms with Crippen LogP contribution in [-0.2, 0) is 4.74 Å². The lowest BCUT2D eigenvalue weighted by Gasteiger charge is -2.10. The van der Waals surface area contributed by atoms with Gasteiger partial charge in [0.05, 0.1) is 6.61 Å². The summed E-state index contributed by atoms with van der Waals surface area (Å²) in [5.74, 6) is 0.734. The average Bonchev–Trinajstić information content (AvgIpc) is 3.25. The smallest absolute Gasteiger partial charge is 0.251 e. The molecule has 2 rings (SSSR count). The lowest BCUT2D eigenvalue weighted by molar-refractivity contribution is 0.0906. The minimum atomic E-state index is -0.0360. The number of anilines is 1. The largest absolute Gasteiger partial charge is 0.385 e. The Morgan fingerprint density at radius 1 is 1.40 bits per heavy atom. The predicted molar refractivity (Wildman–Crippen MR) is 81.2 cm³/mol. The molecule has 0 bridgehead atoms. The summed E-state index contributed by atoms with van der Waals surface area (Å²) in [6.45, 7) is 6.95. The van der Waals surface area contributed by atoms with Crippen LogP contribution >= 0.6 is 0 Å². The van der Waals surface area contributed by atoms with Crippen LogP contribution in [0.25, 0.3) is 0 Å². The van der Waals surface area contributed by atoms with Gasteiger partial charge in [-0.05, 0) is 56.4 Å². The summed E-state index contributed by atoms with van der Waals surface area (Å²) < 4.78 is 5.49. The monoisotopic (exact) mass is 276 g/mol. The van der Waals surface area contributed by atoms with Gasteiger partial charge >= 0.3 is 0 Å². The van der Waals surface area contributed by atoms with Crippen molar-refractivity contribution in [3.63, 3.8) is 0 Å². The second-order valence-electron chi connectivity index (χ2n) is 5.33. The predicted octanol–water partition coefficient (Wildman–Crippen LogP) is 2.58. The summed E-state index contributed by atoms with van der Waals surface area (Å²) >= 11 is 0. The Balaban J connectivity index is 1.74. The van der Waals surface area contributed by atoms with Crippen molar-refractivity contribution in [2.24, 2.45) is 5.92 Å². The lowest BCUT2D eigenvalue weighted by Crippen LogP contribution is -2.27. The van der Waals surface area contributed by atoms with Crippen LogP contribution in [-0.4, -0.2) is 32.2 Å². The third-order valence-electron chi connectivity index (χ3n) is 3.44. The van der Waals surface area contributed by atoms with Gasteiger partial charge in [0.15, 0.2) is 0 Å². The first kappa shape index (κ1) is 14.9. The first-order chi connectivity index (χ1) is 9.70. The molecule has 2 N–H and O–H groups in total. The highest BCUT2D eigenvalue weighted by molar-refractivity contribution is 5.94. The zero-order valence-corrected chi connectivity index (χ0v) is 12.4. The van der Waals surface area contributed by atoms with E-state index in [1.807, 2.05) is 25.1 Å². The molecule has 1 saturated carbocycles. The average molecular weight is 276 g/mol. The summed E-state index contributed by atoms with van der Waals surface area (Å²) in [4.78, 5) is 12.0. The molecular weight excluding hydrogens is 252 g/mol. The molecule has 0 heterocycles. The zero-order valence-electron chi connectivity index (χ0n) is 12.4. The molecule has 4 nitrogen and oxygen atoms in total. The summed E-state index contributed by atoms with van der Waals surface area (Å²) in [5.41, 5.74) is 2.87. The zero-order chi connectivity index (χ0) is 14.4. The molecule has 1 aliphatic carbocycles. The number of ether oxygens (including phenoxy) is 1. The maximum Gasteiger partial charge on any atom is 0.251 e. The van der Waals surface area contributed by atoms with Crippen LogP contribution in [0.15, 0.2) is 18.2 Å². The number of amides is 1. The molecule has 4 heteroatoms. The number of nitrogens with one attached hydrogen (secondary N) is 2. The summed E-state index contributed by atoms with van der Waals surface area (Å²) in [5, 5.41) is 6.15.